The molecular formula is C18H14O6. The Morgan fingerprint density at radius 1 is 0.917 bits per heavy atom. The second kappa shape index (κ2) is 7.64. The zero-order valence-electron chi connectivity index (χ0n) is 12.5. The van der Waals surface area contributed by atoms with Crippen LogP contribution in [0.5, 0.6) is 23.0 Å². The summed E-state index contributed by atoms with van der Waals surface area (Å²) in [5.41, 5.74) is 0.248. The number of para-hydroxylation sites is 3. The Hall–Kier alpha value is -3.54. The first-order valence-corrected chi connectivity index (χ1v) is 6.85. The molecule has 0 atom stereocenters. The molecule has 122 valence electrons. The first-order valence-electron chi connectivity index (χ1n) is 6.85. The number of phenols is 2. The minimum Gasteiger partial charge on any atom is -0.504 e. The summed E-state index contributed by atoms with van der Waals surface area (Å²) >= 11 is 0. The number of benzene rings is 2. The van der Waals surface area contributed by atoms with Gasteiger partial charge in [-0.15, -0.1) is 0 Å². The first-order chi connectivity index (χ1) is 11.5. The Bertz CT molecular complexity index is 807. The van der Waals surface area contributed by atoms with Crippen LogP contribution in [-0.2, 0) is 9.59 Å². The van der Waals surface area contributed by atoms with E-state index in [-0.39, 0.29) is 28.6 Å². The van der Waals surface area contributed by atoms with E-state index in [1.165, 1.54) is 36.4 Å². The van der Waals surface area contributed by atoms with Crippen molar-refractivity contribution in [3.05, 3.63) is 66.8 Å². The highest BCUT2D eigenvalue weighted by atomic mass is 16.6. The van der Waals surface area contributed by atoms with Gasteiger partial charge in [-0.1, -0.05) is 30.8 Å². The molecule has 24 heavy (non-hydrogen) atoms. The zero-order chi connectivity index (χ0) is 17.5. The fourth-order valence-electron chi connectivity index (χ4n) is 1.75. The number of aromatic hydroxyl groups is 2. The molecule has 0 spiro atoms. The van der Waals surface area contributed by atoms with E-state index in [4.69, 9.17) is 9.47 Å². The van der Waals surface area contributed by atoms with Crippen LogP contribution in [0.2, 0.25) is 0 Å². The fraction of sp³-hybridized carbons (Fsp3) is 0. The highest BCUT2D eigenvalue weighted by Gasteiger charge is 2.10. The van der Waals surface area contributed by atoms with Crippen molar-refractivity contribution < 1.29 is 29.3 Å². The molecule has 0 fully saturated rings. The standard InChI is InChI=1S/C18H14O6/c1-2-16(20)23-14-8-3-4-9-15(14)24-17(21)11-10-12-6-5-7-13(19)18(12)22/h2-11,19,22H,1H2. The lowest BCUT2D eigenvalue weighted by atomic mass is 10.2. The third kappa shape index (κ3) is 4.23. The topological polar surface area (TPSA) is 93.1 Å². The van der Waals surface area contributed by atoms with Crippen molar-refractivity contribution >= 4 is 18.0 Å². The van der Waals surface area contributed by atoms with E-state index in [1.807, 2.05) is 0 Å². The maximum absolute atomic E-state index is 11.9. The maximum Gasteiger partial charge on any atom is 0.336 e. The third-order valence-corrected chi connectivity index (χ3v) is 2.88. The van der Waals surface area contributed by atoms with Crippen molar-refractivity contribution in [1.29, 1.82) is 0 Å². The normalized spacial score (nSPS) is 10.3. The first kappa shape index (κ1) is 16.8. The van der Waals surface area contributed by atoms with Crippen LogP contribution in [0.15, 0.2) is 61.2 Å². The van der Waals surface area contributed by atoms with Gasteiger partial charge in [0.1, 0.15) is 0 Å². The highest BCUT2D eigenvalue weighted by Crippen LogP contribution is 2.29. The van der Waals surface area contributed by atoms with Crippen molar-refractivity contribution in [2.45, 2.75) is 0 Å². The van der Waals surface area contributed by atoms with Gasteiger partial charge < -0.3 is 19.7 Å². The molecule has 0 bridgehead atoms. The van der Waals surface area contributed by atoms with E-state index in [0.29, 0.717) is 0 Å². The molecule has 0 saturated heterocycles. The Balaban J connectivity index is 2.13. The molecule has 0 unspecified atom stereocenters. The Morgan fingerprint density at radius 2 is 1.54 bits per heavy atom. The van der Waals surface area contributed by atoms with Gasteiger partial charge in [0.15, 0.2) is 23.0 Å². The molecule has 0 heterocycles. The molecule has 0 aliphatic carbocycles. The minimum absolute atomic E-state index is 0.0579. The van der Waals surface area contributed by atoms with E-state index < -0.39 is 11.9 Å². The Labute approximate surface area is 137 Å². The highest BCUT2D eigenvalue weighted by molar-refractivity contribution is 5.90. The summed E-state index contributed by atoms with van der Waals surface area (Å²) < 4.78 is 10.1. The van der Waals surface area contributed by atoms with E-state index in [0.717, 1.165) is 12.2 Å². The van der Waals surface area contributed by atoms with Crippen LogP contribution in [0, 0.1) is 0 Å². The number of carbonyl (C=O) groups excluding carboxylic acids is 2. The predicted molar refractivity (Wildman–Crippen MR) is 86.7 cm³/mol. The minimum atomic E-state index is -0.750. The monoisotopic (exact) mass is 326 g/mol. The number of carbonyl (C=O) groups is 2. The summed E-state index contributed by atoms with van der Waals surface area (Å²) in [6, 6.07) is 10.5. The molecular weight excluding hydrogens is 312 g/mol. The van der Waals surface area contributed by atoms with Crippen molar-refractivity contribution in [2.75, 3.05) is 0 Å². The van der Waals surface area contributed by atoms with Crippen LogP contribution in [0.25, 0.3) is 6.08 Å². The zero-order valence-corrected chi connectivity index (χ0v) is 12.5. The predicted octanol–water partition coefficient (Wildman–Crippen LogP) is 2.81. The lowest BCUT2D eigenvalue weighted by Crippen LogP contribution is -2.08. The van der Waals surface area contributed by atoms with E-state index in [1.54, 1.807) is 12.1 Å². The van der Waals surface area contributed by atoms with Gasteiger partial charge in [-0.3, -0.25) is 0 Å². The Morgan fingerprint density at radius 3 is 2.17 bits per heavy atom. The van der Waals surface area contributed by atoms with Crippen molar-refractivity contribution in [1.82, 2.24) is 0 Å². The van der Waals surface area contributed by atoms with Crippen LogP contribution in [0.3, 0.4) is 0 Å². The van der Waals surface area contributed by atoms with Gasteiger partial charge in [0.25, 0.3) is 0 Å². The van der Waals surface area contributed by atoms with Gasteiger partial charge in [0.2, 0.25) is 0 Å². The van der Waals surface area contributed by atoms with Crippen LogP contribution < -0.4 is 9.47 Å². The molecule has 2 aromatic carbocycles. The van der Waals surface area contributed by atoms with Crippen LogP contribution in [-0.4, -0.2) is 22.2 Å². The molecule has 0 aliphatic heterocycles. The van der Waals surface area contributed by atoms with Gasteiger partial charge in [-0.2, -0.15) is 0 Å². The summed E-state index contributed by atoms with van der Waals surface area (Å²) in [5, 5.41) is 19.0. The van der Waals surface area contributed by atoms with Gasteiger partial charge in [0.05, 0.1) is 0 Å². The number of esters is 2. The SMILES string of the molecule is C=CC(=O)Oc1ccccc1OC(=O)C=Cc1cccc(O)c1O. The number of hydrogen-bond donors (Lipinski definition) is 2. The van der Waals surface area contributed by atoms with E-state index in [9.17, 15) is 19.8 Å². The Kier molecular flexibility index (Phi) is 5.36. The molecule has 6 heteroatoms. The molecule has 0 saturated carbocycles. The van der Waals surface area contributed by atoms with Gasteiger partial charge in [-0.25, -0.2) is 9.59 Å². The fourth-order valence-corrected chi connectivity index (χ4v) is 1.75. The van der Waals surface area contributed by atoms with Gasteiger partial charge >= 0.3 is 11.9 Å². The van der Waals surface area contributed by atoms with Crippen LogP contribution in [0.4, 0.5) is 0 Å². The number of ether oxygens (including phenoxy) is 2. The summed E-state index contributed by atoms with van der Waals surface area (Å²) in [6.07, 6.45) is 3.35. The molecule has 0 amide bonds. The second-order valence-corrected chi connectivity index (χ2v) is 4.54. The maximum atomic E-state index is 11.9. The summed E-state index contributed by atoms with van der Waals surface area (Å²) in [7, 11) is 0. The molecule has 2 aromatic rings. The third-order valence-electron chi connectivity index (χ3n) is 2.88. The molecule has 0 aliphatic rings. The quantitative estimate of drug-likeness (QED) is 0.380. The van der Waals surface area contributed by atoms with E-state index in [2.05, 4.69) is 6.58 Å². The van der Waals surface area contributed by atoms with Crippen molar-refractivity contribution in [3.63, 3.8) is 0 Å². The lowest BCUT2D eigenvalue weighted by Gasteiger charge is -2.07. The molecule has 6 nitrogen and oxygen atoms in total. The number of rotatable bonds is 5. The van der Waals surface area contributed by atoms with Crippen molar-refractivity contribution in [3.8, 4) is 23.0 Å². The lowest BCUT2D eigenvalue weighted by molar-refractivity contribution is -0.131. The average molecular weight is 326 g/mol. The summed E-state index contributed by atoms with van der Waals surface area (Å²) in [5.74, 6) is -1.94. The number of phenolic OH excluding ortho intramolecular Hbond substituents is 2. The van der Waals surface area contributed by atoms with Gasteiger partial charge in [0, 0.05) is 17.7 Å². The molecule has 0 radical (unpaired) electrons. The van der Waals surface area contributed by atoms with Crippen LogP contribution >= 0.6 is 0 Å². The van der Waals surface area contributed by atoms with Gasteiger partial charge in [-0.05, 0) is 24.3 Å². The average Bonchev–Trinajstić information content (AvgIpc) is 2.58. The summed E-state index contributed by atoms with van der Waals surface area (Å²) in [6.45, 7) is 3.29. The number of hydrogen-bond acceptors (Lipinski definition) is 6. The second-order valence-electron chi connectivity index (χ2n) is 4.54. The van der Waals surface area contributed by atoms with Crippen LogP contribution in [0.1, 0.15) is 5.56 Å². The molecule has 0 aromatic heterocycles. The largest absolute Gasteiger partial charge is 0.504 e. The van der Waals surface area contributed by atoms with Crippen molar-refractivity contribution in [2.24, 2.45) is 0 Å². The van der Waals surface area contributed by atoms with E-state index >= 15 is 0 Å². The summed E-state index contributed by atoms with van der Waals surface area (Å²) in [4.78, 5) is 23.1. The smallest absolute Gasteiger partial charge is 0.336 e. The molecule has 2 rings (SSSR count). The molecule has 2 N–H and O–H groups in total.